The molecule has 1 atom stereocenters. The van der Waals surface area contributed by atoms with Gasteiger partial charge < -0.3 is 4.90 Å². The molecule has 0 bridgehead atoms. The van der Waals surface area contributed by atoms with Crippen molar-refractivity contribution in [2.45, 2.75) is 25.3 Å². The molecule has 2 saturated heterocycles. The number of halogens is 4. The van der Waals surface area contributed by atoms with E-state index in [0.717, 1.165) is 30.8 Å². The van der Waals surface area contributed by atoms with Gasteiger partial charge in [-0.3, -0.25) is 14.6 Å². The summed E-state index contributed by atoms with van der Waals surface area (Å²) < 4.78 is 52.4. The first-order valence-corrected chi connectivity index (χ1v) is 9.95. The van der Waals surface area contributed by atoms with E-state index in [4.69, 9.17) is 0 Å². The predicted molar refractivity (Wildman–Crippen MR) is 104 cm³/mol. The van der Waals surface area contributed by atoms with Crippen LogP contribution in [-0.2, 0) is 24.1 Å². The van der Waals surface area contributed by atoms with E-state index in [-0.39, 0.29) is 24.3 Å². The summed E-state index contributed by atoms with van der Waals surface area (Å²) in [7, 11) is 0. The van der Waals surface area contributed by atoms with Crippen molar-refractivity contribution < 1.29 is 22.4 Å². The summed E-state index contributed by atoms with van der Waals surface area (Å²) in [5.74, 6) is -0.352. The van der Waals surface area contributed by atoms with Crippen molar-refractivity contribution in [3.05, 3.63) is 71.0 Å². The summed E-state index contributed by atoms with van der Waals surface area (Å²) in [6, 6.07) is 11.2. The fourth-order valence-corrected chi connectivity index (χ4v) is 4.21. The van der Waals surface area contributed by atoms with Crippen LogP contribution in [0.1, 0.15) is 16.7 Å². The maximum atomic E-state index is 13.5. The Morgan fingerprint density at radius 2 is 1.60 bits per heavy atom. The molecular weight excluding hydrogens is 398 g/mol. The molecule has 1 unspecified atom stereocenters. The minimum absolute atomic E-state index is 0.0670. The number of hydrogen-bond acceptors (Lipinski definition) is 3. The second kappa shape index (κ2) is 8.35. The molecule has 2 aromatic carbocycles. The van der Waals surface area contributed by atoms with Crippen LogP contribution in [-0.4, -0.2) is 59.4 Å². The van der Waals surface area contributed by atoms with E-state index in [2.05, 4.69) is 9.80 Å². The monoisotopic (exact) mass is 421 g/mol. The first kappa shape index (κ1) is 20.8. The van der Waals surface area contributed by atoms with Gasteiger partial charge in [-0.15, -0.1) is 0 Å². The van der Waals surface area contributed by atoms with Crippen molar-refractivity contribution >= 4 is 5.91 Å². The molecule has 2 aliphatic rings. The number of rotatable bonds is 4. The Hall–Kier alpha value is -2.45. The summed E-state index contributed by atoms with van der Waals surface area (Å²) in [5, 5.41) is 0. The maximum absolute atomic E-state index is 13.5. The Labute approximate surface area is 172 Å². The van der Waals surface area contributed by atoms with Crippen molar-refractivity contribution in [1.82, 2.24) is 14.7 Å². The highest BCUT2D eigenvalue weighted by atomic mass is 19.4. The van der Waals surface area contributed by atoms with Gasteiger partial charge in [0.15, 0.2) is 0 Å². The van der Waals surface area contributed by atoms with Crippen LogP contribution in [0.3, 0.4) is 0 Å². The normalized spacial score (nSPS) is 21.0. The van der Waals surface area contributed by atoms with Gasteiger partial charge in [0.2, 0.25) is 5.91 Å². The third-order valence-corrected chi connectivity index (χ3v) is 5.75. The zero-order valence-electron chi connectivity index (χ0n) is 16.4. The quantitative estimate of drug-likeness (QED) is 0.709. The molecule has 2 aliphatic heterocycles. The number of hydrogen-bond donors (Lipinski definition) is 0. The Bertz CT molecular complexity index is 917. The van der Waals surface area contributed by atoms with Crippen LogP contribution in [0, 0.1) is 5.82 Å². The molecular formula is C22H23F4N3O. The third kappa shape index (κ3) is 4.65. The lowest BCUT2D eigenvalue weighted by Crippen LogP contribution is -2.64. The number of alkyl halides is 3. The molecule has 0 aliphatic carbocycles. The van der Waals surface area contributed by atoms with Crippen molar-refractivity contribution in [3.8, 4) is 0 Å². The summed E-state index contributed by atoms with van der Waals surface area (Å²) >= 11 is 0. The summed E-state index contributed by atoms with van der Waals surface area (Å²) in [4.78, 5) is 19.0. The van der Waals surface area contributed by atoms with E-state index in [0.29, 0.717) is 31.7 Å². The van der Waals surface area contributed by atoms with E-state index in [1.54, 1.807) is 17.0 Å². The molecule has 2 aromatic rings. The van der Waals surface area contributed by atoms with Gasteiger partial charge >= 0.3 is 6.18 Å². The van der Waals surface area contributed by atoms with Gasteiger partial charge in [0.05, 0.1) is 5.56 Å². The van der Waals surface area contributed by atoms with Gasteiger partial charge in [0, 0.05) is 45.8 Å². The first-order chi connectivity index (χ1) is 14.3. The minimum Gasteiger partial charge on any atom is -0.336 e. The molecule has 0 saturated carbocycles. The van der Waals surface area contributed by atoms with E-state index >= 15 is 0 Å². The van der Waals surface area contributed by atoms with E-state index in [1.165, 1.54) is 18.2 Å². The molecule has 30 heavy (non-hydrogen) atoms. The van der Waals surface area contributed by atoms with Crippen molar-refractivity contribution in [2.24, 2.45) is 0 Å². The smallest absolute Gasteiger partial charge is 0.336 e. The molecule has 0 radical (unpaired) electrons. The fourth-order valence-electron chi connectivity index (χ4n) is 4.21. The van der Waals surface area contributed by atoms with Gasteiger partial charge in [-0.1, -0.05) is 24.3 Å². The highest BCUT2D eigenvalue weighted by Crippen LogP contribution is 2.30. The van der Waals surface area contributed by atoms with Crippen LogP contribution >= 0.6 is 0 Å². The van der Waals surface area contributed by atoms with Gasteiger partial charge in [-0.25, -0.2) is 4.39 Å². The molecule has 0 N–H and O–H groups in total. The summed E-state index contributed by atoms with van der Waals surface area (Å²) in [6.45, 7) is 3.96. The number of benzene rings is 2. The standard InChI is InChI=1S/C22H23F4N3O/c23-19-6-2-4-17(12-19)13-27-7-8-28-9-10-29(21(30)20(28)15-27)14-16-3-1-5-18(11-16)22(24,25)26/h1-6,11-12,20H,7-10,13-15H2. The van der Waals surface area contributed by atoms with E-state index in [1.807, 2.05) is 6.07 Å². The maximum Gasteiger partial charge on any atom is 0.416 e. The molecule has 160 valence electrons. The third-order valence-electron chi connectivity index (χ3n) is 5.75. The van der Waals surface area contributed by atoms with Gasteiger partial charge in [0.1, 0.15) is 11.9 Å². The molecule has 4 nitrogen and oxygen atoms in total. The number of carbonyl (C=O) groups excluding carboxylic acids is 1. The van der Waals surface area contributed by atoms with Crippen molar-refractivity contribution in [2.75, 3.05) is 32.7 Å². The van der Waals surface area contributed by atoms with Crippen LogP contribution < -0.4 is 0 Å². The Balaban J connectivity index is 1.42. The average molecular weight is 421 g/mol. The van der Waals surface area contributed by atoms with E-state index < -0.39 is 11.7 Å². The second-order valence-corrected chi connectivity index (χ2v) is 7.87. The lowest BCUT2D eigenvalue weighted by Gasteiger charge is -2.46. The number of carbonyl (C=O) groups is 1. The highest BCUT2D eigenvalue weighted by Gasteiger charge is 2.38. The topological polar surface area (TPSA) is 26.8 Å². The number of nitrogens with zero attached hydrogens (tertiary/aromatic N) is 3. The van der Waals surface area contributed by atoms with Gasteiger partial charge in [-0.2, -0.15) is 13.2 Å². The molecule has 8 heteroatoms. The highest BCUT2D eigenvalue weighted by molar-refractivity contribution is 5.83. The first-order valence-electron chi connectivity index (χ1n) is 9.95. The van der Waals surface area contributed by atoms with Crippen molar-refractivity contribution in [3.63, 3.8) is 0 Å². The Kier molecular flexibility index (Phi) is 5.79. The molecule has 2 fully saturated rings. The molecule has 2 heterocycles. The summed E-state index contributed by atoms with van der Waals surface area (Å²) in [5.41, 5.74) is 0.622. The molecule has 1 amide bonds. The molecule has 0 spiro atoms. The van der Waals surface area contributed by atoms with Crippen LogP contribution in [0.25, 0.3) is 0 Å². The largest absolute Gasteiger partial charge is 0.416 e. The Morgan fingerprint density at radius 1 is 0.900 bits per heavy atom. The zero-order valence-corrected chi connectivity index (χ0v) is 16.4. The fraction of sp³-hybridized carbons (Fsp3) is 0.409. The van der Waals surface area contributed by atoms with Crippen LogP contribution in [0.4, 0.5) is 17.6 Å². The minimum atomic E-state index is -4.40. The zero-order chi connectivity index (χ0) is 21.3. The lowest BCUT2D eigenvalue weighted by molar-refractivity contribution is -0.146. The summed E-state index contributed by atoms with van der Waals surface area (Å²) in [6.07, 6.45) is -4.40. The molecule has 0 aromatic heterocycles. The second-order valence-electron chi connectivity index (χ2n) is 7.87. The van der Waals surface area contributed by atoms with Gasteiger partial charge in [-0.05, 0) is 35.4 Å². The average Bonchev–Trinajstić information content (AvgIpc) is 2.70. The van der Waals surface area contributed by atoms with Crippen LogP contribution in [0.15, 0.2) is 48.5 Å². The predicted octanol–water partition coefficient (Wildman–Crippen LogP) is 3.37. The van der Waals surface area contributed by atoms with Crippen molar-refractivity contribution in [1.29, 1.82) is 0 Å². The SMILES string of the molecule is O=C1C2CN(Cc3cccc(F)c3)CCN2CCN1Cc1cccc(C(F)(F)F)c1. The number of amides is 1. The van der Waals surface area contributed by atoms with Gasteiger partial charge in [0.25, 0.3) is 0 Å². The Morgan fingerprint density at radius 3 is 2.33 bits per heavy atom. The van der Waals surface area contributed by atoms with E-state index in [9.17, 15) is 22.4 Å². The lowest BCUT2D eigenvalue weighted by atomic mass is 10.0. The number of fused-ring (bicyclic) bond motifs is 1. The molecule has 4 rings (SSSR count). The number of piperazine rings is 2. The van der Waals surface area contributed by atoms with Crippen LogP contribution in [0.2, 0.25) is 0 Å². The van der Waals surface area contributed by atoms with Crippen LogP contribution in [0.5, 0.6) is 0 Å².